The van der Waals surface area contributed by atoms with Crippen LogP contribution >= 0.6 is 0 Å². The summed E-state index contributed by atoms with van der Waals surface area (Å²) in [6.07, 6.45) is 1.77. The van der Waals surface area contributed by atoms with Crippen molar-refractivity contribution in [3.05, 3.63) is 46.0 Å². The van der Waals surface area contributed by atoms with Gasteiger partial charge in [0.05, 0.1) is 5.69 Å². The zero-order chi connectivity index (χ0) is 15.8. The minimum atomic E-state index is -0.0180. The first-order valence-electron chi connectivity index (χ1n) is 7.38. The molecule has 0 fully saturated rings. The molecular weight excluding hydrogens is 262 g/mol. The van der Waals surface area contributed by atoms with Crippen molar-refractivity contribution in [2.75, 3.05) is 7.05 Å². The molecule has 1 atom stereocenters. The Morgan fingerprint density at radius 1 is 1.38 bits per heavy atom. The molecule has 0 spiro atoms. The molecule has 0 aliphatic carbocycles. The van der Waals surface area contributed by atoms with E-state index in [1.54, 1.807) is 16.7 Å². The Bertz CT molecular complexity index is 697. The van der Waals surface area contributed by atoms with Crippen LogP contribution in [-0.4, -0.2) is 27.4 Å². The number of aromatic nitrogens is 2. The molecule has 0 aromatic carbocycles. The van der Waals surface area contributed by atoms with Crippen molar-refractivity contribution in [3.8, 4) is 0 Å². The van der Waals surface area contributed by atoms with Gasteiger partial charge in [-0.05, 0) is 37.9 Å². The summed E-state index contributed by atoms with van der Waals surface area (Å²) in [7, 11) is 2.08. The zero-order valence-corrected chi connectivity index (χ0v) is 13.8. The van der Waals surface area contributed by atoms with E-state index < -0.39 is 0 Å². The van der Waals surface area contributed by atoms with Gasteiger partial charge in [0, 0.05) is 24.8 Å². The van der Waals surface area contributed by atoms with Gasteiger partial charge in [-0.3, -0.25) is 14.1 Å². The van der Waals surface area contributed by atoms with Gasteiger partial charge >= 0.3 is 0 Å². The van der Waals surface area contributed by atoms with Crippen LogP contribution in [0.3, 0.4) is 0 Å². The van der Waals surface area contributed by atoms with Crippen molar-refractivity contribution >= 4 is 5.65 Å². The summed E-state index contributed by atoms with van der Waals surface area (Å²) in [6, 6.07) is 5.89. The number of aryl methyl sites for hydroxylation is 1. The second-order valence-electron chi connectivity index (χ2n) is 6.93. The van der Waals surface area contributed by atoms with E-state index in [-0.39, 0.29) is 11.0 Å². The van der Waals surface area contributed by atoms with E-state index in [0.717, 1.165) is 16.9 Å². The van der Waals surface area contributed by atoms with Crippen LogP contribution in [0.2, 0.25) is 0 Å². The van der Waals surface area contributed by atoms with Gasteiger partial charge in [0.25, 0.3) is 5.56 Å². The minimum Gasteiger partial charge on any atom is -0.297 e. The van der Waals surface area contributed by atoms with Crippen LogP contribution in [-0.2, 0) is 6.54 Å². The average Bonchev–Trinajstić information content (AvgIpc) is 2.38. The number of hydrogen-bond acceptors (Lipinski definition) is 3. The predicted octanol–water partition coefficient (Wildman–Crippen LogP) is 2.87. The third-order valence-electron chi connectivity index (χ3n) is 4.27. The highest BCUT2D eigenvalue weighted by Crippen LogP contribution is 2.23. The van der Waals surface area contributed by atoms with Crippen molar-refractivity contribution in [2.24, 2.45) is 5.41 Å². The molecule has 4 heteroatoms. The molecule has 0 aliphatic heterocycles. The van der Waals surface area contributed by atoms with Crippen LogP contribution in [0.5, 0.6) is 0 Å². The maximum atomic E-state index is 12.2. The first kappa shape index (κ1) is 15.7. The summed E-state index contributed by atoms with van der Waals surface area (Å²) < 4.78 is 1.60. The normalized spacial score (nSPS) is 13.9. The maximum absolute atomic E-state index is 12.2. The Hall–Kier alpha value is -1.68. The lowest BCUT2D eigenvalue weighted by atomic mass is 9.87. The Morgan fingerprint density at radius 3 is 2.67 bits per heavy atom. The van der Waals surface area contributed by atoms with E-state index in [4.69, 9.17) is 0 Å². The number of fused-ring (bicyclic) bond motifs is 1. The molecule has 2 aromatic heterocycles. The summed E-state index contributed by atoms with van der Waals surface area (Å²) in [5.41, 5.74) is 2.76. The van der Waals surface area contributed by atoms with Gasteiger partial charge in [-0.2, -0.15) is 0 Å². The van der Waals surface area contributed by atoms with Gasteiger partial charge < -0.3 is 0 Å². The van der Waals surface area contributed by atoms with E-state index in [1.165, 1.54) is 0 Å². The highest BCUT2D eigenvalue weighted by Gasteiger charge is 2.24. The van der Waals surface area contributed by atoms with E-state index >= 15 is 0 Å². The van der Waals surface area contributed by atoms with Gasteiger partial charge in [0.2, 0.25) is 0 Å². The lowest BCUT2D eigenvalue weighted by Gasteiger charge is -2.35. The highest BCUT2D eigenvalue weighted by atomic mass is 16.1. The van der Waals surface area contributed by atoms with Crippen molar-refractivity contribution < 1.29 is 0 Å². The van der Waals surface area contributed by atoms with E-state index in [9.17, 15) is 4.79 Å². The van der Waals surface area contributed by atoms with Gasteiger partial charge in [0.1, 0.15) is 5.65 Å². The number of hydrogen-bond donors (Lipinski definition) is 0. The number of pyridine rings is 1. The smallest absolute Gasteiger partial charge is 0.258 e. The molecule has 0 amide bonds. The van der Waals surface area contributed by atoms with E-state index in [0.29, 0.717) is 12.6 Å². The average molecular weight is 287 g/mol. The lowest BCUT2D eigenvalue weighted by Crippen LogP contribution is -2.39. The first-order valence-corrected chi connectivity index (χ1v) is 7.38. The topological polar surface area (TPSA) is 37.6 Å². The fourth-order valence-corrected chi connectivity index (χ4v) is 2.44. The van der Waals surface area contributed by atoms with Gasteiger partial charge in [-0.1, -0.05) is 26.8 Å². The summed E-state index contributed by atoms with van der Waals surface area (Å²) in [5.74, 6) is 0. The standard InChI is InChI=1S/C17H25N3O/c1-12-8-7-9-20-15(21)10-14(18-16(12)20)11-19(6)13(2)17(3,4)5/h7-10,13H,11H2,1-6H3. The molecule has 114 valence electrons. The summed E-state index contributed by atoms with van der Waals surface area (Å²) in [6.45, 7) is 11.5. The quantitative estimate of drug-likeness (QED) is 0.871. The molecule has 21 heavy (non-hydrogen) atoms. The Balaban J connectivity index is 2.36. The molecule has 0 saturated carbocycles. The van der Waals surface area contributed by atoms with E-state index in [1.807, 2.05) is 19.1 Å². The largest absolute Gasteiger partial charge is 0.297 e. The summed E-state index contributed by atoms with van der Waals surface area (Å²) in [4.78, 5) is 19.1. The third kappa shape index (κ3) is 3.32. The Morgan fingerprint density at radius 2 is 2.05 bits per heavy atom. The molecule has 2 heterocycles. The van der Waals surface area contributed by atoms with Crippen molar-refractivity contribution in [1.29, 1.82) is 0 Å². The molecule has 0 N–H and O–H groups in total. The van der Waals surface area contributed by atoms with E-state index in [2.05, 4.69) is 44.6 Å². The number of rotatable bonds is 3. The highest BCUT2D eigenvalue weighted by molar-refractivity contribution is 5.46. The van der Waals surface area contributed by atoms with Crippen molar-refractivity contribution in [1.82, 2.24) is 14.3 Å². The lowest BCUT2D eigenvalue weighted by molar-refractivity contribution is 0.133. The molecule has 4 nitrogen and oxygen atoms in total. The van der Waals surface area contributed by atoms with Crippen LogP contribution in [0.4, 0.5) is 0 Å². The van der Waals surface area contributed by atoms with Crippen LogP contribution < -0.4 is 5.56 Å². The van der Waals surface area contributed by atoms with Crippen LogP contribution in [0, 0.1) is 12.3 Å². The molecule has 0 aliphatic rings. The van der Waals surface area contributed by atoms with Gasteiger partial charge in [0.15, 0.2) is 0 Å². The zero-order valence-electron chi connectivity index (χ0n) is 13.8. The fourth-order valence-electron chi connectivity index (χ4n) is 2.44. The SMILES string of the molecule is Cc1cccn2c(=O)cc(CN(C)C(C)C(C)(C)C)nc12. The molecule has 2 rings (SSSR count). The van der Waals surface area contributed by atoms with Crippen molar-refractivity contribution in [2.45, 2.75) is 47.2 Å². The van der Waals surface area contributed by atoms with Crippen LogP contribution in [0.25, 0.3) is 5.65 Å². The molecule has 0 saturated heterocycles. The fraction of sp³-hybridized carbons (Fsp3) is 0.529. The molecule has 0 bridgehead atoms. The number of nitrogens with zero attached hydrogens (tertiary/aromatic N) is 3. The second kappa shape index (κ2) is 5.60. The van der Waals surface area contributed by atoms with Gasteiger partial charge in [-0.25, -0.2) is 4.98 Å². The first-order chi connectivity index (χ1) is 9.70. The molecule has 2 aromatic rings. The predicted molar refractivity (Wildman–Crippen MR) is 86.6 cm³/mol. The molecular formula is C17H25N3O. The maximum Gasteiger partial charge on any atom is 0.258 e. The summed E-state index contributed by atoms with van der Waals surface area (Å²) in [5, 5.41) is 0. The minimum absolute atomic E-state index is 0.0180. The third-order valence-corrected chi connectivity index (χ3v) is 4.27. The van der Waals surface area contributed by atoms with Crippen LogP contribution in [0.15, 0.2) is 29.2 Å². The Labute approximate surface area is 126 Å². The van der Waals surface area contributed by atoms with Crippen LogP contribution in [0.1, 0.15) is 39.0 Å². The summed E-state index contributed by atoms with van der Waals surface area (Å²) >= 11 is 0. The van der Waals surface area contributed by atoms with Crippen molar-refractivity contribution in [3.63, 3.8) is 0 Å². The monoisotopic (exact) mass is 287 g/mol. The Kier molecular flexibility index (Phi) is 4.19. The molecule has 0 radical (unpaired) electrons. The van der Waals surface area contributed by atoms with Gasteiger partial charge in [-0.15, -0.1) is 0 Å². The molecule has 1 unspecified atom stereocenters. The second-order valence-corrected chi connectivity index (χ2v) is 6.93.